The zero-order valence-electron chi connectivity index (χ0n) is 16.9. The number of piperidine rings is 2. The van der Waals surface area contributed by atoms with Crippen LogP contribution in [-0.4, -0.2) is 61.0 Å². The van der Waals surface area contributed by atoms with Crippen LogP contribution in [-0.2, 0) is 18.3 Å². The second-order valence-electron chi connectivity index (χ2n) is 9.46. The number of aryl methyl sites for hydroxylation is 1. The van der Waals surface area contributed by atoms with Gasteiger partial charge in [0, 0.05) is 66.9 Å². The summed E-state index contributed by atoms with van der Waals surface area (Å²) in [5, 5.41) is 5.72. The van der Waals surface area contributed by atoms with Crippen molar-refractivity contribution in [2.24, 2.45) is 5.92 Å². The van der Waals surface area contributed by atoms with E-state index in [1.807, 2.05) is 0 Å². The molecular formula is C24H29N3OS. The van der Waals surface area contributed by atoms with Gasteiger partial charge in [-0.2, -0.15) is 0 Å². The Labute approximate surface area is 176 Å². The second kappa shape index (κ2) is 6.93. The molecule has 1 aromatic carbocycles. The Morgan fingerprint density at radius 3 is 2.52 bits per heavy atom. The number of amides is 1. The Bertz CT molecular complexity index is 907. The lowest BCUT2D eigenvalue weighted by molar-refractivity contribution is 0.0180. The number of rotatable bonds is 3. The third-order valence-corrected chi connectivity index (χ3v) is 8.83. The number of hydrogen-bond donors (Lipinski definition) is 1. The fourth-order valence-corrected chi connectivity index (χ4v) is 7.60. The molecule has 4 aliphatic heterocycles. The quantitative estimate of drug-likeness (QED) is 0.850. The standard InChI is InChI=1S/C24H29N3OS/c28-23(20-14-29-21-9-5-4-8-19(20)21)25-22-17-12-26-10-11-27(13-17)16-24(22,15-26)18-6-2-1-3-7-18/h1-3,6-7,14,17,22H,4-5,8-13,15-16H2,(H,25,28)/t17?,22-,24?/m0/s1. The van der Waals surface area contributed by atoms with Gasteiger partial charge in [0.25, 0.3) is 5.91 Å². The molecule has 1 amide bonds. The van der Waals surface area contributed by atoms with Gasteiger partial charge in [-0.15, -0.1) is 11.3 Å². The van der Waals surface area contributed by atoms with E-state index in [1.165, 1.54) is 28.8 Å². The topological polar surface area (TPSA) is 35.6 Å². The highest BCUT2D eigenvalue weighted by Gasteiger charge is 2.55. The average Bonchev–Trinajstić information content (AvgIpc) is 3.02. The highest BCUT2D eigenvalue weighted by Crippen LogP contribution is 2.43. The molecule has 2 unspecified atom stereocenters. The Morgan fingerprint density at radius 2 is 1.76 bits per heavy atom. The van der Waals surface area contributed by atoms with Crippen molar-refractivity contribution in [3.8, 4) is 0 Å². The van der Waals surface area contributed by atoms with Crippen molar-refractivity contribution in [3.05, 3.63) is 57.3 Å². The molecule has 4 saturated heterocycles. The van der Waals surface area contributed by atoms with Gasteiger partial charge in [-0.3, -0.25) is 4.79 Å². The van der Waals surface area contributed by atoms with Crippen molar-refractivity contribution in [2.45, 2.75) is 37.1 Å². The molecule has 4 nitrogen and oxygen atoms in total. The van der Waals surface area contributed by atoms with Gasteiger partial charge in [0.05, 0.1) is 5.56 Å². The van der Waals surface area contributed by atoms with Crippen LogP contribution in [0.4, 0.5) is 0 Å². The molecule has 1 aliphatic carbocycles. The van der Waals surface area contributed by atoms with E-state index in [-0.39, 0.29) is 17.4 Å². The van der Waals surface area contributed by atoms with Gasteiger partial charge < -0.3 is 15.1 Å². The number of nitrogens with one attached hydrogen (secondary N) is 1. The Morgan fingerprint density at radius 1 is 1.03 bits per heavy atom. The third-order valence-electron chi connectivity index (χ3n) is 7.74. The van der Waals surface area contributed by atoms with E-state index in [4.69, 9.17) is 0 Å². The van der Waals surface area contributed by atoms with Crippen molar-refractivity contribution < 1.29 is 4.79 Å². The van der Waals surface area contributed by atoms with Gasteiger partial charge >= 0.3 is 0 Å². The maximum Gasteiger partial charge on any atom is 0.252 e. The van der Waals surface area contributed by atoms with E-state index in [0.717, 1.165) is 57.7 Å². The summed E-state index contributed by atoms with van der Waals surface area (Å²) in [7, 11) is 0. The van der Waals surface area contributed by atoms with E-state index < -0.39 is 0 Å². The number of hydrogen-bond acceptors (Lipinski definition) is 4. The van der Waals surface area contributed by atoms with E-state index in [9.17, 15) is 4.79 Å². The Kier molecular flexibility index (Phi) is 4.33. The smallest absolute Gasteiger partial charge is 0.252 e. The first kappa shape index (κ1) is 18.1. The number of nitrogens with zero attached hydrogens (tertiary/aromatic N) is 2. The van der Waals surface area contributed by atoms with Crippen molar-refractivity contribution >= 4 is 17.2 Å². The lowest BCUT2D eigenvalue weighted by atomic mass is 9.64. The van der Waals surface area contributed by atoms with E-state index in [2.05, 4.69) is 50.8 Å². The largest absolute Gasteiger partial charge is 0.348 e. The summed E-state index contributed by atoms with van der Waals surface area (Å²) >= 11 is 1.79. The molecule has 4 fully saturated rings. The third kappa shape index (κ3) is 2.89. The summed E-state index contributed by atoms with van der Waals surface area (Å²) in [6.45, 7) is 6.64. The lowest BCUT2D eigenvalue weighted by Crippen LogP contribution is -2.70. The van der Waals surface area contributed by atoms with Gasteiger partial charge in [0.15, 0.2) is 0 Å². The maximum absolute atomic E-state index is 13.5. The van der Waals surface area contributed by atoms with Crippen LogP contribution in [0.5, 0.6) is 0 Å². The molecule has 5 heterocycles. The molecule has 5 aliphatic rings. The minimum Gasteiger partial charge on any atom is -0.348 e. The number of carbonyl (C=O) groups excluding carboxylic acids is 1. The van der Waals surface area contributed by atoms with E-state index in [0.29, 0.717) is 5.92 Å². The molecule has 5 heteroatoms. The summed E-state index contributed by atoms with van der Waals surface area (Å²) in [5.74, 6) is 0.666. The second-order valence-corrected chi connectivity index (χ2v) is 10.4. The molecule has 1 aromatic heterocycles. The lowest BCUT2D eigenvalue weighted by Gasteiger charge is -2.55. The van der Waals surface area contributed by atoms with Crippen molar-refractivity contribution in [1.29, 1.82) is 0 Å². The molecule has 2 aromatic rings. The van der Waals surface area contributed by atoms with Gasteiger partial charge in [-0.1, -0.05) is 30.3 Å². The van der Waals surface area contributed by atoms with Gasteiger partial charge in [0.1, 0.15) is 0 Å². The van der Waals surface area contributed by atoms with Crippen LogP contribution in [0.15, 0.2) is 35.7 Å². The average molecular weight is 408 g/mol. The fourth-order valence-electron chi connectivity index (χ4n) is 6.47. The summed E-state index contributed by atoms with van der Waals surface area (Å²) in [6.07, 6.45) is 4.70. The number of carbonyl (C=O) groups is 1. The molecule has 3 atom stereocenters. The molecule has 0 spiro atoms. The molecule has 4 bridgehead atoms. The van der Waals surface area contributed by atoms with E-state index in [1.54, 1.807) is 11.3 Å². The minimum atomic E-state index is -0.00926. The number of fused-ring (bicyclic) bond motifs is 2. The van der Waals surface area contributed by atoms with Crippen LogP contribution >= 0.6 is 11.3 Å². The molecule has 0 saturated carbocycles. The summed E-state index contributed by atoms with van der Waals surface area (Å²) in [5.41, 5.74) is 3.67. The molecule has 7 rings (SSSR count). The van der Waals surface area contributed by atoms with Crippen LogP contribution in [0.25, 0.3) is 0 Å². The predicted octanol–water partition coefficient (Wildman–Crippen LogP) is 2.92. The van der Waals surface area contributed by atoms with Crippen LogP contribution in [0.3, 0.4) is 0 Å². The monoisotopic (exact) mass is 407 g/mol. The predicted molar refractivity (Wildman–Crippen MR) is 117 cm³/mol. The van der Waals surface area contributed by atoms with Crippen LogP contribution in [0.1, 0.15) is 39.2 Å². The van der Waals surface area contributed by atoms with E-state index >= 15 is 0 Å². The first-order chi connectivity index (χ1) is 14.2. The summed E-state index contributed by atoms with van der Waals surface area (Å²) < 4.78 is 0. The Hall–Kier alpha value is -1.69. The van der Waals surface area contributed by atoms with Crippen molar-refractivity contribution in [3.63, 3.8) is 0 Å². The maximum atomic E-state index is 13.5. The van der Waals surface area contributed by atoms with Crippen molar-refractivity contribution in [1.82, 2.24) is 15.1 Å². The Balaban J connectivity index is 1.37. The van der Waals surface area contributed by atoms with Crippen LogP contribution < -0.4 is 5.32 Å². The first-order valence-corrected chi connectivity index (χ1v) is 12.0. The fraction of sp³-hybridized carbons (Fsp3) is 0.542. The molecule has 152 valence electrons. The molecule has 1 N–H and O–H groups in total. The van der Waals surface area contributed by atoms with Gasteiger partial charge in [0.2, 0.25) is 0 Å². The van der Waals surface area contributed by atoms with Gasteiger partial charge in [-0.25, -0.2) is 0 Å². The van der Waals surface area contributed by atoms with Crippen molar-refractivity contribution in [2.75, 3.05) is 39.3 Å². The highest BCUT2D eigenvalue weighted by atomic mass is 32.1. The summed E-state index contributed by atoms with van der Waals surface area (Å²) in [6, 6.07) is 11.2. The molecular weight excluding hydrogens is 378 g/mol. The first-order valence-electron chi connectivity index (χ1n) is 11.1. The summed E-state index contributed by atoms with van der Waals surface area (Å²) in [4.78, 5) is 20.2. The molecule has 29 heavy (non-hydrogen) atoms. The van der Waals surface area contributed by atoms with Crippen LogP contribution in [0.2, 0.25) is 0 Å². The van der Waals surface area contributed by atoms with Gasteiger partial charge in [-0.05, 0) is 36.8 Å². The highest BCUT2D eigenvalue weighted by molar-refractivity contribution is 7.10. The van der Waals surface area contributed by atoms with Crippen LogP contribution in [0, 0.1) is 5.92 Å². The zero-order chi connectivity index (χ0) is 19.4. The zero-order valence-corrected chi connectivity index (χ0v) is 17.7. The SMILES string of the molecule is O=C(N[C@H]1C2CN3CCN(C2)CC1(c1ccccc1)C3)c1csc2c1CCCC2. The number of thiophene rings is 1. The number of benzene rings is 1. The molecule has 0 radical (unpaired) electrons. The normalized spacial score (nSPS) is 35.2. The minimum absolute atomic E-state index is 0.00926.